The molecule has 1 aromatic heterocycles. The molecule has 2 unspecified atom stereocenters. The van der Waals surface area contributed by atoms with Gasteiger partial charge in [0.1, 0.15) is 0 Å². The molecule has 2 atom stereocenters. The Balaban J connectivity index is 1.81. The summed E-state index contributed by atoms with van der Waals surface area (Å²) in [6.07, 6.45) is 8.79. The number of benzene rings is 1. The zero-order valence-electron chi connectivity index (χ0n) is 11.3. The molecule has 0 amide bonds. The van der Waals surface area contributed by atoms with Gasteiger partial charge in [0.2, 0.25) is 0 Å². The van der Waals surface area contributed by atoms with Gasteiger partial charge in [-0.15, -0.1) is 5.10 Å². The molecule has 1 heterocycles. The molecule has 0 aliphatic heterocycles. The number of hydrogen-bond donors (Lipinski definition) is 1. The minimum Gasteiger partial charge on any atom is -0.381 e. The van der Waals surface area contributed by atoms with Gasteiger partial charge in [-0.1, -0.05) is 37.1 Å². The van der Waals surface area contributed by atoms with Crippen LogP contribution < -0.4 is 5.32 Å². The highest BCUT2D eigenvalue weighted by Gasteiger charge is 2.19. The van der Waals surface area contributed by atoms with E-state index >= 15 is 0 Å². The van der Waals surface area contributed by atoms with Crippen LogP contribution >= 0.6 is 0 Å². The molecular weight excluding hydrogens is 236 g/mol. The van der Waals surface area contributed by atoms with Crippen LogP contribution in [0.2, 0.25) is 0 Å². The summed E-state index contributed by atoms with van der Waals surface area (Å²) in [7, 11) is 0. The van der Waals surface area contributed by atoms with Crippen LogP contribution in [0.15, 0.2) is 36.7 Å². The minimum absolute atomic E-state index is 0.577. The number of rotatable bonds is 3. The molecule has 1 aromatic carbocycles. The molecule has 1 aliphatic rings. The molecule has 1 N–H and O–H groups in total. The highest BCUT2D eigenvalue weighted by Crippen LogP contribution is 2.28. The Morgan fingerprint density at radius 3 is 2.95 bits per heavy atom. The van der Waals surface area contributed by atoms with E-state index in [2.05, 4.69) is 40.8 Å². The molecule has 0 radical (unpaired) electrons. The summed E-state index contributed by atoms with van der Waals surface area (Å²) in [5, 5.41) is 11.6. The van der Waals surface area contributed by atoms with Crippen LogP contribution in [0.1, 0.15) is 32.6 Å². The lowest BCUT2D eigenvalue weighted by atomic mass is 9.87. The molecule has 2 aromatic rings. The van der Waals surface area contributed by atoms with E-state index in [-0.39, 0.29) is 0 Å². The molecule has 4 heteroatoms. The Bertz CT molecular complexity index is 521. The average Bonchev–Trinajstić information content (AvgIpc) is 2.93. The third kappa shape index (κ3) is 2.78. The fourth-order valence-electron chi connectivity index (χ4n) is 2.92. The van der Waals surface area contributed by atoms with Crippen LogP contribution in [0.5, 0.6) is 0 Å². The monoisotopic (exact) mass is 256 g/mol. The smallest absolute Gasteiger partial charge is 0.0894 e. The van der Waals surface area contributed by atoms with Gasteiger partial charge < -0.3 is 5.32 Å². The van der Waals surface area contributed by atoms with Crippen LogP contribution in [0.3, 0.4) is 0 Å². The number of para-hydroxylation sites is 2. The van der Waals surface area contributed by atoms with Crippen molar-refractivity contribution in [2.75, 3.05) is 5.32 Å². The van der Waals surface area contributed by atoms with Crippen LogP contribution in [-0.2, 0) is 0 Å². The zero-order chi connectivity index (χ0) is 13.1. The molecule has 0 spiro atoms. The summed E-state index contributed by atoms with van der Waals surface area (Å²) in [5.74, 6) is 0.824. The Labute approximate surface area is 113 Å². The van der Waals surface area contributed by atoms with Gasteiger partial charge in [0.25, 0.3) is 0 Å². The fourth-order valence-corrected chi connectivity index (χ4v) is 2.92. The van der Waals surface area contributed by atoms with Gasteiger partial charge in [-0.25, -0.2) is 4.68 Å². The van der Waals surface area contributed by atoms with Crippen molar-refractivity contribution in [2.45, 2.75) is 38.6 Å². The van der Waals surface area contributed by atoms with Crippen LogP contribution in [0.4, 0.5) is 5.69 Å². The largest absolute Gasteiger partial charge is 0.381 e. The molecule has 4 nitrogen and oxygen atoms in total. The van der Waals surface area contributed by atoms with E-state index in [1.54, 1.807) is 6.20 Å². The third-order valence-corrected chi connectivity index (χ3v) is 3.87. The normalized spacial score (nSPS) is 23.2. The third-order valence-electron chi connectivity index (χ3n) is 3.87. The number of nitrogens with zero attached hydrogens (tertiary/aromatic N) is 3. The Morgan fingerprint density at radius 2 is 2.16 bits per heavy atom. The maximum Gasteiger partial charge on any atom is 0.0894 e. The van der Waals surface area contributed by atoms with E-state index in [1.807, 2.05) is 16.9 Å². The average molecular weight is 256 g/mol. The number of nitrogens with one attached hydrogen (secondary N) is 1. The van der Waals surface area contributed by atoms with E-state index in [0.29, 0.717) is 6.04 Å². The summed E-state index contributed by atoms with van der Waals surface area (Å²) < 4.78 is 1.81. The van der Waals surface area contributed by atoms with Crippen molar-refractivity contribution in [3.8, 4) is 5.69 Å². The van der Waals surface area contributed by atoms with Crippen LogP contribution in [-0.4, -0.2) is 21.0 Å². The lowest BCUT2D eigenvalue weighted by molar-refractivity contribution is 0.358. The predicted molar refractivity (Wildman–Crippen MR) is 76.4 cm³/mol. The molecule has 100 valence electrons. The van der Waals surface area contributed by atoms with Gasteiger partial charge in [0.05, 0.1) is 23.8 Å². The fraction of sp³-hybridized carbons (Fsp3) is 0.467. The Morgan fingerprint density at radius 1 is 1.26 bits per heavy atom. The van der Waals surface area contributed by atoms with Gasteiger partial charge >= 0.3 is 0 Å². The first-order valence-electron chi connectivity index (χ1n) is 7.05. The SMILES string of the molecule is CC1CCCC(Nc2ccccc2-n2ccnn2)C1. The van der Waals surface area contributed by atoms with Gasteiger partial charge in [0, 0.05) is 6.04 Å². The van der Waals surface area contributed by atoms with Crippen molar-refractivity contribution in [1.29, 1.82) is 0 Å². The molecule has 0 bridgehead atoms. The first kappa shape index (κ1) is 12.2. The van der Waals surface area contributed by atoms with E-state index in [0.717, 1.165) is 17.3 Å². The molecule has 0 saturated heterocycles. The van der Waals surface area contributed by atoms with E-state index in [9.17, 15) is 0 Å². The van der Waals surface area contributed by atoms with Crippen LogP contribution in [0, 0.1) is 5.92 Å². The topological polar surface area (TPSA) is 42.7 Å². The molecule has 19 heavy (non-hydrogen) atoms. The molecule has 3 rings (SSSR count). The maximum absolute atomic E-state index is 4.08. The summed E-state index contributed by atoms with van der Waals surface area (Å²) in [6, 6.07) is 8.87. The first-order chi connectivity index (χ1) is 9.33. The lowest BCUT2D eigenvalue weighted by Crippen LogP contribution is -2.26. The van der Waals surface area contributed by atoms with Crippen molar-refractivity contribution in [2.24, 2.45) is 5.92 Å². The van der Waals surface area contributed by atoms with Gasteiger partial charge in [-0.05, 0) is 30.9 Å². The second-order valence-corrected chi connectivity index (χ2v) is 5.48. The van der Waals surface area contributed by atoms with E-state index < -0.39 is 0 Å². The summed E-state index contributed by atoms with van der Waals surface area (Å²) in [5.41, 5.74) is 2.21. The van der Waals surface area contributed by atoms with Gasteiger partial charge in [-0.3, -0.25) is 0 Å². The number of aromatic nitrogens is 3. The quantitative estimate of drug-likeness (QED) is 0.916. The number of hydrogen-bond acceptors (Lipinski definition) is 3. The maximum atomic E-state index is 4.08. The highest BCUT2D eigenvalue weighted by molar-refractivity contribution is 5.60. The minimum atomic E-state index is 0.577. The van der Waals surface area contributed by atoms with Crippen molar-refractivity contribution < 1.29 is 0 Å². The van der Waals surface area contributed by atoms with Crippen LogP contribution in [0.25, 0.3) is 5.69 Å². The molecule has 1 saturated carbocycles. The van der Waals surface area contributed by atoms with E-state index in [1.165, 1.54) is 25.7 Å². The molecule has 1 fully saturated rings. The lowest BCUT2D eigenvalue weighted by Gasteiger charge is -2.29. The number of anilines is 1. The molecular formula is C15H20N4. The standard InChI is InChI=1S/C15H20N4/c1-12-5-4-6-13(11-12)17-14-7-2-3-8-15(14)19-10-9-16-18-19/h2-3,7-10,12-13,17H,4-6,11H2,1H3. The van der Waals surface area contributed by atoms with Gasteiger partial charge in [-0.2, -0.15) is 0 Å². The van der Waals surface area contributed by atoms with Crippen molar-refractivity contribution in [3.63, 3.8) is 0 Å². The first-order valence-corrected chi connectivity index (χ1v) is 7.05. The summed E-state index contributed by atoms with van der Waals surface area (Å²) in [6.45, 7) is 2.34. The van der Waals surface area contributed by atoms with Crippen molar-refractivity contribution in [1.82, 2.24) is 15.0 Å². The Kier molecular flexibility index (Phi) is 3.49. The zero-order valence-corrected chi connectivity index (χ0v) is 11.3. The van der Waals surface area contributed by atoms with E-state index in [4.69, 9.17) is 0 Å². The summed E-state index contributed by atoms with van der Waals surface area (Å²) >= 11 is 0. The second kappa shape index (κ2) is 5.43. The summed E-state index contributed by atoms with van der Waals surface area (Å²) in [4.78, 5) is 0. The Hall–Kier alpha value is -1.84. The predicted octanol–water partition coefficient (Wildman–Crippen LogP) is 3.26. The molecule has 1 aliphatic carbocycles. The highest BCUT2D eigenvalue weighted by atomic mass is 15.4. The second-order valence-electron chi connectivity index (χ2n) is 5.48. The van der Waals surface area contributed by atoms with Crippen molar-refractivity contribution >= 4 is 5.69 Å². The van der Waals surface area contributed by atoms with Gasteiger partial charge in [0.15, 0.2) is 0 Å². The van der Waals surface area contributed by atoms with Crippen molar-refractivity contribution in [3.05, 3.63) is 36.7 Å².